The minimum absolute atomic E-state index is 0. The molecule has 1 aromatic heterocycles. The maximum atomic E-state index is 13.7. The number of halogens is 3. The summed E-state index contributed by atoms with van der Waals surface area (Å²) in [5, 5.41) is 15.9. The summed E-state index contributed by atoms with van der Waals surface area (Å²) in [7, 11) is 0. The maximum absolute atomic E-state index is 13.7. The van der Waals surface area contributed by atoms with Crippen molar-refractivity contribution in [2.45, 2.75) is 25.0 Å². The summed E-state index contributed by atoms with van der Waals surface area (Å²) >= 11 is 0. The van der Waals surface area contributed by atoms with Gasteiger partial charge in [0.15, 0.2) is 0 Å². The zero-order chi connectivity index (χ0) is 17.8. The standard InChI is InChI=1S/C18H21F2N3O2.ClH/c19-13-3-1-4-14(20)17(13)16(24)11-22-18(25)15-5-2-10-23(15)12-6-8-21-9-7-12;/h1-5,10,12,16,21,24H,6-9,11H2,(H,22,25);1H. The molecular formula is C18H22ClF2N3O2. The number of aliphatic hydroxyl groups is 1. The first-order chi connectivity index (χ1) is 12.1. The number of nitrogens with zero attached hydrogens (tertiary/aromatic N) is 1. The Hall–Kier alpha value is -1.96. The fraction of sp³-hybridized carbons (Fsp3) is 0.389. The Bertz CT molecular complexity index is 728. The van der Waals surface area contributed by atoms with E-state index < -0.39 is 23.3 Å². The maximum Gasteiger partial charge on any atom is 0.268 e. The lowest BCUT2D eigenvalue weighted by molar-refractivity contribution is 0.0899. The summed E-state index contributed by atoms with van der Waals surface area (Å²) in [4.78, 5) is 12.4. The molecule has 1 aromatic carbocycles. The number of piperidine rings is 1. The Labute approximate surface area is 156 Å². The van der Waals surface area contributed by atoms with Crippen LogP contribution in [0, 0.1) is 11.6 Å². The number of aromatic nitrogens is 1. The van der Waals surface area contributed by atoms with Crippen molar-refractivity contribution < 1.29 is 18.7 Å². The fourth-order valence-corrected chi connectivity index (χ4v) is 3.20. The number of benzene rings is 1. The van der Waals surface area contributed by atoms with Gasteiger partial charge in [0, 0.05) is 18.8 Å². The average Bonchev–Trinajstić information content (AvgIpc) is 3.10. The zero-order valence-electron chi connectivity index (χ0n) is 14.1. The molecule has 2 heterocycles. The van der Waals surface area contributed by atoms with Crippen molar-refractivity contribution in [3.05, 3.63) is 59.4 Å². The van der Waals surface area contributed by atoms with Crippen LogP contribution in [-0.4, -0.2) is 35.2 Å². The molecule has 8 heteroatoms. The predicted molar refractivity (Wildman–Crippen MR) is 96.5 cm³/mol. The normalized spacial score (nSPS) is 16.0. The molecule has 0 bridgehead atoms. The van der Waals surface area contributed by atoms with E-state index in [2.05, 4.69) is 10.6 Å². The molecule has 1 fully saturated rings. The largest absolute Gasteiger partial charge is 0.386 e. The molecule has 1 unspecified atom stereocenters. The number of nitrogens with one attached hydrogen (secondary N) is 2. The Morgan fingerprint density at radius 2 is 1.88 bits per heavy atom. The molecule has 0 saturated carbocycles. The van der Waals surface area contributed by atoms with E-state index in [9.17, 15) is 18.7 Å². The van der Waals surface area contributed by atoms with E-state index in [-0.39, 0.29) is 30.9 Å². The van der Waals surface area contributed by atoms with Crippen molar-refractivity contribution in [2.24, 2.45) is 0 Å². The highest BCUT2D eigenvalue weighted by Crippen LogP contribution is 2.22. The summed E-state index contributed by atoms with van der Waals surface area (Å²) in [5.74, 6) is -2.04. The van der Waals surface area contributed by atoms with Crippen LogP contribution < -0.4 is 10.6 Å². The van der Waals surface area contributed by atoms with E-state index in [1.54, 1.807) is 12.1 Å². The molecule has 1 saturated heterocycles. The van der Waals surface area contributed by atoms with E-state index in [1.807, 2.05) is 10.8 Å². The molecule has 1 amide bonds. The molecule has 3 rings (SSSR count). The molecule has 3 N–H and O–H groups in total. The monoisotopic (exact) mass is 385 g/mol. The van der Waals surface area contributed by atoms with Gasteiger partial charge in [0.25, 0.3) is 5.91 Å². The number of rotatable bonds is 5. The fourth-order valence-electron chi connectivity index (χ4n) is 3.20. The number of aliphatic hydroxyl groups excluding tert-OH is 1. The lowest BCUT2D eigenvalue weighted by Crippen LogP contribution is -2.34. The van der Waals surface area contributed by atoms with Crippen LogP contribution in [0.5, 0.6) is 0 Å². The minimum Gasteiger partial charge on any atom is -0.386 e. The van der Waals surface area contributed by atoms with Crippen molar-refractivity contribution in [2.75, 3.05) is 19.6 Å². The lowest BCUT2D eigenvalue weighted by atomic mass is 10.1. The van der Waals surface area contributed by atoms with Crippen LogP contribution in [0.25, 0.3) is 0 Å². The van der Waals surface area contributed by atoms with Crippen LogP contribution >= 0.6 is 12.4 Å². The van der Waals surface area contributed by atoms with Gasteiger partial charge in [-0.25, -0.2) is 8.78 Å². The van der Waals surface area contributed by atoms with Gasteiger partial charge in [-0.15, -0.1) is 12.4 Å². The van der Waals surface area contributed by atoms with Gasteiger partial charge in [-0.1, -0.05) is 6.07 Å². The third kappa shape index (κ3) is 4.41. The van der Waals surface area contributed by atoms with Crippen LogP contribution in [0.2, 0.25) is 0 Å². The highest BCUT2D eigenvalue weighted by Gasteiger charge is 2.22. The first kappa shape index (κ1) is 20.4. The molecule has 0 spiro atoms. The first-order valence-corrected chi connectivity index (χ1v) is 8.35. The van der Waals surface area contributed by atoms with E-state index in [0.717, 1.165) is 38.1 Å². The Balaban J connectivity index is 0.00000243. The molecule has 1 atom stereocenters. The van der Waals surface area contributed by atoms with Crippen molar-refractivity contribution in [3.63, 3.8) is 0 Å². The molecule has 2 aromatic rings. The zero-order valence-corrected chi connectivity index (χ0v) is 14.9. The number of hydrogen-bond acceptors (Lipinski definition) is 3. The van der Waals surface area contributed by atoms with Crippen LogP contribution in [-0.2, 0) is 0 Å². The molecule has 5 nitrogen and oxygen atoms in total. The number of carbonyl (C=O) groups is 1. The second kappa shape index (κ2) is 9.12. The number of carbonyl (C=O) groups excluding carboxylic acids is 1. The van der Waals surface area contributed by atoms with Gasteiger partial charge in [-0.05, 0) is 50.2 Å². The second-order valence-corrected chi connectivity index (χ2v) is 6.14. The summed E-state index contributed by atoms with van der Waals surface area (Å²) in [6.07, 6.45) is 2.26. The molecule has 26 heavy (non-hydrogen) atoms. The second-order valence-electron chi connectivity index (χ2n) is 6.14. The molecular weight excluding hydrogens is 364 g/mol. The minimum atomic E-state index is -1.45. The predicted octanol–water partition coefficient (Wildman–Crippen LogP) is 2.58. The first-order valence-electron chi connectivity index (χ1n) is 8.35. The van der Waals surface area contributed by atoms with Crippen LogP contribution in [0.1, 0.15) is 41.0 Å². The number of hydrogen-bond donors (Lipinski definition) is 3. The molecule has 1 aliphatic rings. The van der Waals surface area contributed by atoms with Crippen molar-refractivity contribution in [3.8, 4) is 0 Å². The molecule has 1 aliphatic heterocycles. The smallest absolute Gasteiger partial charge is 0.268 e. The van der Waals surface area contributed by atoms with Gasteiger partial charge in [0.2, 0.25) is 0 Å². The number of amides is 1. The van der Waals surface area contributed by atoms with E-state index in [0.29, 0.717) is 5.69 Å². The van der Waals surface area contributed by atoms with Crippen molar-refractivity contribution >= 4 is 18.3 Å². The third-order valence-corrected chi connectivity index (χ3v) is 4.50. The van der Waals surface area contributed by atoms with Gasteiger partial charge in [0.1, 0.15) is 23.4 Å². The Morgan fingerprint density at radius 3 is 2.54 bits per heavy atom. The highest BCUT2D eigenvalue weighted by atomic mass is 35.5. The summed E-state index contributed by atoms with van der Waals surface area (Å²) < 4.78 is 29.3. The van der Waals surface area contributed by atoms with Gasteiger partial charge in [-0.2, -0.15) is 0 Å². The topological polar surface area (TPSA) is 66.3 Å². The Morgan fingerprint density at radius 1 is 1.23 bits per heavy atom. The van der Waals surface area contributed by atoms with Gasteiger partial charge < -0.3 is 20.3 Å². The highest BCUT2D eigenvalue weighted by molar-refractivity contribution is 5.92. The van der Waals surface area contributed by atoms with E-state index in [4.69, 9.17) is 0 Å². The van der Waals surface area contributed by atoms with E-state index >= 15 is 0 Å². The third-order valence-electron chi connectivity index (χ3n) is 4.50. The SMILES string of the molecule is Cl.O=C(NCC(O)c1c(F)cccc1F)c1cccn1C1CCNCC1. The molecule has 142 valence electrons. The van der Waals surface area contributed by atoms with Crippen LogP contribution in [0.4, 0.5) is 8.78 Å². The van der Waals surface area contributed by atoms with Crippen molar-refractivity contribution in [1.29, 1.82) is 0 Å². The van der Waals surface area contributed by atoms with Crippen LogP contribution in [0.3, 0.4) is 0 Å². The molecule has 0 radical (unpaired) electrons. The summed E-state index contributed by atoms with van der Waals surface area (Å²) in [6.45, 7) is 1.53. The average molecular weight is 386 g/mol. The van der Waals surface area contributed by atoms with Gasteiger partial charge >= 0.3 is 0 Å². The lowest BCUT2D eigenvalue weighted by Gasteiger charge is -2.26. The summed E-state index contributed by atoms with van der Waals surface area (Å²) in [5.41, 5.74) is 0.0460. The van der Waals surface area contributed by atoms with Crippen LogP contribution in [0.15, 0.2) is 36.5 Å². The van der Waals surface area contributed by atoms with Gasteiger partial charge in [0.05, 0.1) is 5.56 Å². The molecule has 0 aliphatic carbocycles. The van der Waals surface area contributed by atoms with E-state index in [1.165, 1.54) is 6.07 Å². The summed E-state index contributed by atoms with van der Waals surface area (Å²) in [6, 6.07) is 7.12. The quantitative estimate of drug-likeness (QED) is 0.741. The Kier molecular flexibility index (Phi) is 7.14. The van der Waals surface area contributed by atoms with Crippen molar-refractivity contribution in [1.82, 2.24) is 15.2 Å². The van der Waals surface area contributed by atoms with Gasteiger partial charge in [-0.3, -0.25) is 4.79 Å².